The van der Waals surface area contributed by atoms with Gasteiger partial charge < -0.3 is 0 Å². The van der Waals surface area contributed by atoms with Gasteiger partial charge in [0.1, 0.15) is 0 Å². The van der Waals surface area contributed by atoms with E-state index in [2.05, 4.69) is 40.8 Å². The third kappa shape index (κ3) is 2.42. The summed E-state index contributed by atoms with van der Waals surface area (Å²) >= 11 is 0.551. The maximum absolute atomic E-state index is 9.64. The van der Waals surface area contributed by atoms with Gasteiger partial charge in [-0.25, -0.2) is 0 Å². The van der Waals surface area contributed by atoms with Crippen LogP contribution in [0.5, 0.6) is 0 Å². The summed E-state index contributed by atoms with van der Waals surface area (Å²) in [6.07, 6.45) is 0. The zero-order valence-electron chi connectivity index (χ0n) is 11.0. The Kier molecular flexibility index (Phi) is 4.18. The van der Waals surface area contributed by atoms with Gasteiger partial charge in [-0.05, 0) is 0 Å². The van der Waals surface area contributed by atoms with Crippen molar-refractivity contribution in [3.8, 4) is 20.3 Å². The predicted molar refractivity (Wildman–Crippen MR) is 82.0 cm³/mol. The molecule has 0 radical (unpaired) electrons. The third-order valence-corrected chi connectivity index (χ3v) is 7.44. The van der Waals surface area contributed by atoms with Gasteiger partial charge in [0.25, 0.3) is 0 Å². The zero-order chi connectivity index (χ0) is 14.1. The van der Waals surface area contributed by atoms with Gasteiger partial charge in [-0.15, -0.1) is 0 Å². The predicted octanol–water partition coefficient (Wildman–Crippen LogP) is 1.46. The van der Waals surface area contributed by atoms with Crippen LogP contribution in [0.15, 0.2) is 35.3 Å². The van der Waals surface area contributed by atoms with Crippen molar-refractivity contribution in [1.82, 2.24) is 4.57 Å². The van der Waals surface area contributed by atoms with Crippen molar-refractivity contribution in [1.29, 1.82) is 0 Å². The normalized spacial score (nSPS) is 11.2. The number of hydrogen-bond acceptors (Lipinski definition) is 2. The molecule has 20 heavy (non-hydrogen) atoms. The van der Waals surface area contributed by atoms with Crippen molar-refractivity contribution >= 4 is 29.0 Å². The average Bonchev–Trinajstić information content (AvgIpc) is 3.16. The van der Waals surface area contributed by atoms with Crippen molar-refractivity contribution < 1.29 is 10.2 Å². The third-order valence-electron chi connectivity index (χ3n) is 3.31. The number of hydrogen-bond donors (Lipinski definition) is 2. The van der Waals surface area contributed by atoms with Gasteiger partial charge in [-0.1, -0.05) is 0 Å². The second-order valence-electron chi connectivity index (χ2n) is 4.52. The topological polar surface area (TPSA) is 45.4 Å². The van der Waals surface area contributed by atoms with Crippen LogP contribution in [0.1, 0.15) is 10.0 Å². The van der Waals surface area contributed by atoms with E-state index in [0.29, 0.717) is 14.5 Å². The van der Waals surface area contributed by atoms with Crippen LogP contribution in [-0.4, -0.2) is 43.8 Å². The Morgan fingerprint density at radius 2 is 1.95 bits per heavy atom. The fraction of sp³-hybridized carbons (Fsp3) is 0.200. The molecule has 0 amide bonds. The molecule has 2 N–H and O–H groups in total. The number of aliphatic hydroxyl groups excluding tert-OH is 2. The minimum atomic E-state index is 0.0666. The van der Waals surface area contributed by atoms with E-state index in [4.69, 9.17) is 0 Å². The van der Waals surface area contributed by atoms with E-state index in [1.165, 1.54) is 8.87 Å². The molecule has 0 aliphatic rings. The van der Waals surface area contributed by atoms with Crippen LogP contribution < -0.4 is 0 Å². The molecule has 5 heteroatoms. The van der Waals surface area contributed by atoms with Crippen molar-refractivity contribution in [2.75, 3.05) is 0 Å². The van der Waals surface area contributed by atoms with Crippen molar-refractivity contribution in [3.63, 3.8) is 0 Å². The van der Waals surface area contributed by atoms with E-state index >= 15 is 0 Å². The van der Waals surface area contributed by atoms with Crippen LogP contribution in [0.2, 0.25) is 0 Å². The second-order valence-corrected chi connectivity index (χ2v) is 8.96. The Hall–Kier alpha value is -0.801. The molecule has 0 aromatic carbocycles. The van der Waals surface area contributed by atoms with Gasteiger partial charge in [0.05, 0.1) is 0 Å². The van der Waals surface area contributed by atoms with Gasteiger partial charge in [0.15, 0.2) is 0 Å². The fourth-order valence-corrected chi connectivity index (χ4v) is 6.05. The number of rotatable bonds is 4. The molecular formula is C15H15NO2Se2. The summed E-state index contributed by atoms with van der Waals surface area (Å²) in [5.41, 5.74) is 3.31. The first-order valence-corrected chi connectivity index (χ1v) is 9.83. The molecule has 0 saturated heterocycles. The van der Waals surface area contributed by atoms with E-state index in [1.807, 2.05) is 6.07 Å². The number of aromatic nitrogens is 1. The summed E-state index contributed by atoms with van der Waals surface area (Å²) in [5, 5.41) is 18.9. The van der Waals surface area contributed by atoms with E-state index in [9.17, 15) is 10.2 Å². The Balaban J connectivity index is 2.14. The molecule has 0 atom stereocenters. The molecule has 3 aromatic rings. The molecular weight excluding hydrogens is 384 g/mol. The zero-order valence-corrected chi connectivity index (χ0v) is 14.5. The molecule has 0 aliphatic heterocycles. The molecule has 0 bridgehead atoms. The molecule has 3 rings (SSSR count). The van der Waals surface area contributed by atoms with Gasteiger partial charge in [0.2, 0.25) is 0 Å². The fourth-order valence-electron chi connectivity index (χ4n) is 2.36. The van der Waals surface area contributed by atoms with Gasteiger partial charge in [0, 0.05) is 0 Å². The SMILES string of the molecule is Cn1c(-c2ccc(CO)[se]2)cc(CO)c1-c1ccc[se]1. The number of aliphatic hydroxyl groups is 2. The van der Waals surface area contributed by atoms with Crippen LogP contribution >= 0.6 is 0 Å². The molecule has 0 unspecified atom stereocenters. The molecule has 3 aromatic heterocycles. The quantitative estimate of drug-likeness (QED) is 0.653. The molecule has 3 heterocycles. The van der Waals surface area contributed by atoms with E-state index in [0.717, 1.165) is 21.4 Å². The molecule has 0 spiro atoms. The van der Waals surface area contributed by atoms with Crippen molar-refractivity contribution in [3.05, 3.63) is 45.3 Å². The summed E-state index contributed by atoms with van der Waals surface area (Å²) < 4.78 is 5.88. The summed E-state index contributed by atoms with van der Waals surface area (Å²) in [6, 6.07) is 10.4. The summed E-state index contributed by atoms with van der Waals surface area (Å²) in [5.74, 6) is 0. The van der Waals surface area contributed by atoms with E-state index < -0.39 is 0 Å². The minimum absolute atomic E-state index is 0.0666. The molecule has 0 fully saturated rings. The monoisotopic (exact) mass is 401 g/mol. The second kappa shape index (κ2) is 5.90. The van der Waals surface area contributed by atoms with E-state index in [1.54, 1.807) is 0 Å². The maximum atomic E-state index is 9.64. The molecule has 0 saturated carbocycles. The summed E-state index contributed by atoms with van der Waals surface area (Å²) in [6.45, 7) is 0.208. The van der Waals surface area contributed by atoms with Crippen LogP contribution in [0.4, 0.5) is 0 Å². The first kappa shape index (κ1) is 14.1. The molecule has 104 valence electrons. The standard InChI is InChI=1S/C15H15NO2Se2/c1-16-12(13-5-4-11(9-18)20-13)7-10(8-17)15(16)14-3-2-6-19-14/h2-7,17-18H,8-9H2,1H3. The molecule has 3 nitrogen and oxygen atoms in total. The number of nitrogens with zero attached hydrogens (tertiary/aromatic N) is 1. The van der Waals surface area contributed by atoms with Gasteiger partial charge in [-0.2, -0.15) is 0 Å². The van der Waals surface area contributed by atoms with Gasteiger partial charge >= 0.3 is 130 Å². The van der Waals surface area contributed by atoms with Crippen molar-refractivity contribution in [2.24, 2.45) is 7.05 Å². The van der Waals surface area contributed by atoms with Gasteiger partial charge in [-0.3, -0.25) is 0 Å². The average molecular weight is 399 g/mol. The van der Waals surface area contributed by atoms with Crippen molar-refractivity contribution in [2.45, 2.75) is 13.2 Å². The summed E-state index contributed by atoms with van der Waals surface area (Å²) in [7, 11) is 2.06. The van der Waals surface area contributed by atoms with Crippen LogP contribution in [0.3, 0.4) is 0 Å². The Morgan fingerprint density at radius 3 is 2.55 bits per heavy atom. The van der Waals surface area contributed by atoms with E-state index in [-0.39, 0.29) is 27.7 Å². The molecule has 0 aliphatic carbocycles. The van der Waals surface area contributed by atoms with Crippen LogP contribution in [-0.2, 0) is 20.3 Å². The first-order valence-electron chi connectivity index (χ1n) is 6.28. The summed E-state index contributed by atoms with van der Waals surface area (Å²) in [4.78, 5) is 2.19. The Morgan fingerprint density at radius 1 is 1.10 bits per heavy atom. The van der Waals surface area contributed by atoms with Crippen LogP contribution in [0.25, 0.3) is 20.3 Å². The van der Waals surface area contributed by atoms with Crippen LogP contribution in [0, 0.1) is 0 Å². The Bertz CT molecular complexity index is 710. The first-order chi connectivity index (χ1) is 9.74. The Labute approximate surface area is 129 Å².